The molecule has 5 rings (SSSR count). The second-order valence-corrected chi connectivity index (χ2v) is 9.46. The maximum atomic E-state index is 12.6. The van der Waals surface area contributed by atoms with Crippen LogP contribution in [0.25, 0.3) is 0 Å². The van der Waals surface area contributed by atoms with Gasteiger partial charge in [-0.3, -0.25) is 14.5 Å². The third-order valence-corrected chi connectivity index (χ3v) is 7.16. The summed E-state index contributed by atoms with van der Waals surface area (Å²) in [7, 11) is 0. The topological polar surface area (TPSA) is 64.7 Å². The van der Waals surface area contributed by atoms with Gasteiger partial charge in [0.15, 0.2) is 0 Å². The number of carbonyl (C=O) groups excluding carboxylic acids is 2. The van der Waals surface area contributed by atoms with Crippen molar-refractivity contribution in [1.29, 1.82) is 0 Å². The molecule has 0 saturated carbocycles. The molecular formula is C26H32N4O2. The van der Waals surface area contributed by atoms with Gasteiger partial charge in [-0.2, -0.15) is 0 Å². The molecule has 0 unspecified atom stereocenters. The lowest BCUT2D eigenvalue weighted by Crippen LogP contribution is -2.46. The Hall–Kier alpha value is -2.86. The standard InChI is InChI=1S/C26H32N4O2/c31-24-17-26(28-23-6-2-1-5-21(23)18-27-24)12-4-14-29(16-13-26)19-20-8-10-22(11-9-20)30-15-3-7-25(30)32/h1-2,5-6,8-11,28H,3-4,7,12-19H2,(H,27,31)/t26-/m1/s1. The minimum Gasteiger partial charge on any atom is -0.379 e. The predicted molar refractivity (Wildman–Crippen MR) is 126 cm³/mol. The van der Waals surface area contributed by atoms with Crippen molar-refractivity contribution in [3.63, 3.8) is 0 Å². The molecular weight excluding hydrogens is 400 g/mol. The summed E-state index contributed by atoms with van der Waals surface area (Å²) in [5, 5.41) is 6.88. The first-order valence-corrected chi connectivity index (χ1v) is 11.8. The Balaban J connectivity index is 1.26. The zero-order chi connectivity index (χ0) is 22.0. The summed E-state index contributed by atoms with van der Waals surface area (Å²) in [6.45, 7) is 4.29. The van der Waals surface area contributed by atoms with Gasteiger partial charge in [0, 0.05) is 55.9 Å². The number of amides is 2. The van der Waals surface area contributed by atoms with E-state index in [4.69, 9.17) is 0 Å². The van der Waals surface area contributed by atoms with E-state index in [1.54, 1.807) is 0 Å². The summed E-state index contributed by atoms with van der Waals surface area (Å²) >= 11 is 0. The summed E-state index contributed by atoms with van der Waals surface area (Å²) < 4.78 is 0. The summed E-state index contributed by atoms with van der Waals surface area (Å²) in [6, 6.07) is 16.8. The van der Waals surface area contributed by atoms with Gasteiger partial charge in [0.05, 0.1) is 0 Å². The Morgan fingerprint density at radius 3 is 2.56 bits per heavy atom. The predicted octanol–water partition coefficient (Wildman–Crippen LogP) is 3.67. The van der Waals surface area contributed by atoms with Gasteiger partial charge in [-0.25, -0.2) is 0 Å². The zero-order valence-electron chi connectivity index (χ0n) is 18.6. The van der Waals surface area contributed by atoms with E-state index < -0.39 is 0 Å². The molecule has 2 aromatic rings. The van der Waals surface area contributed by atoms with Gasteiger partial charge in [-0.1, -0.05) is 30.3 Å². The van der Waals surface area contributed by atoms with Crippen LogP contribution in [0, 0.1) is 0 Å². The second-order valence-electron chi connectivity index (χ2n) is 9.46. The zero-order valence-corrected chi connectivity index (χ0v) is 18.6. The number of hydrogen-bond acceptors (Lipinski definition) is 4. The van der Waals surface area contributed by atoms with Crippen LogP contribution in [-0.2, 0) is 22.7 Å². The van der Waals surface area contributed by atoms with E-state index >= 15 is 0 Å². The second kappa shape index (κ2) is 8.94. The monoisotopic (exact) mass is 432 g/mol. The fourth-order valence-corrected chi connectivity index (χ4v) is 5.36. The largest absolute Gasteiger partial charge is 0.379 e. The number of nitrogens with zero attached hydrogens (tertiary/aromatic N) is 2. The highest BCUT2D eigenvalue weighted by atomic mass is 16.2. The number of para-hydroxylation sites is 1. The van der Waals surface area contributed by atoms with Gasteiger partial charge in [0.2, 0.25) is 11.8 Å². The van der Waals surface area contributed by atoms with Crippen LogP contribution < -0.4 is 15.5 Å². The molecule has 3 aliphatic heterocycles. The number of hydrogen-bond donors (Lipinski definition) is 2. The number of rotatable bonds is 3. The fraction of sp³-hybridized carbons (Fsp3) is 0.462. The normalized spacial score (nSPS) is 24.3. The molecule has 0 radical (unpaired) electrons. The number of likely N-dealkylation sites (tertiary alicyclic amines) is 1. The van der Waals surface area contributed by atoms with Crippen LogP contribution in [0.1, 0.15) is 49.7 Å². The molecule has 3 aliphatic rings. The van der Waals surface area contributed by atoms with E-state index in [1.807, 2.05) is 11.0 Å². The third-order valence-electron chi connectivity index (χ3n) is 7.16. The van der Waals surface area contributed by atoms with Crippen molar-refractivity contribution in [2.75, 3.05) is 29.9 Å². The molecule has 2 N–H and O–H groups in total. The van der Waals surface area contributed by atoms with Crippen LogP contribution in [-0.4, -0.2) is 41.9 Å². The highest BCUT2D eigenvalue weighted by molar-refractivity contribution is 5.95. The Bertz CT molecular complexity index is 990. The molecule has 6 heteroatoms. The quantitative estimate of drug-likeness (QED) is 0.777. The fourth-order valence-electron chi connectivity index (χ4n) is 5.36. The van der Waals surface area contributed by atoms with Crippen molar-refractivity contribution in [1.82, 2.24) is 10.2 Å². The molecule has 2 fully saturated rings. The number of nitrogens with one attached hydrogen (secondary N) is 2. The minimum absolute atomic E-state index is 0.132. The Morgan fingerprint density at radius 2 is 1.75 bits per heavy atom. The third kappa shape index (κ3) is 4.51. The molecule has 6 nitrogen and oxygen atoms in total. The highest BCUT2D eigenvalue weighted by Gasteiger charge is 2.36. The summed E-state index contributed by atoms with van der Waals surface area (Å²) in [5.74, 6) is 0.361. The van der Waals surface area contributed by atoms with Crippen molar-refractivity contribution in [3.8, 4) is 0 Å². The van der Waals surface area contributed by atoms with Crippen LogP contribution in [0.4, 0.5) is 11.4 Å². The number of fused-ring (bicyclic) bond motifs is 1. The number of benzene rings is 2. The van der Waals surface area contributed by atoms with Crippen molar-refractivity contribution < 1.29 is 9.59 Å². The summed E-state index contributed by atoms with van der Waals surface area (Å²) in [6.07, 6.45) is 5.12. The van der Waals surface area contributed by atoms with E-state index in [2.05, 4.69) is 58.0 Å². The Kier molecular flexibility index (Phi) is 5.87. The van der Waals surface area contributed by atoms with Gasteiger partial charge in [-0.05, 0) is 61.6 Å². The summed E-state index contributed by atoms with van der Waals surface area (Å²) in [5.41, 5.74) is 4.38. The van der Waals surface area contributed by atoms with Gasteiger partial charge >= 0.3 is 0 Å². The first-order chi connectivity index (χ1) is 15.6. The van der Waals surface area contributed by atoms with Crippen LogP contribution in [0.15, 0.2) is 48.5 Å². The highest BCUT2D eigenvalue weighted by Crippen LogP contribution is 2.33. The molecule has 32 heavy (non-hydrogen) atoms. The molecule has 0 aliphatic carbocycles. The lowest BCUT2D eigenvalue weighted by atomic mass is 9.85. The van der Waals surface area contributed by atoms with E-state index in [-0.39, 0.29) is 17.4 Å². The summed E-state index contributed by atoms with van der Waals surface area (Å²) in [4.78, 5) is 29.0. The van der Waals surface area contributed by atoms with Crippen LogP contribution in [0.2, 0.25) is 0 Å². The SMILES string of the molecule is O=C1C[C@]2(CCCN(Cc3ccc(N4CCCC4=O)cc3)CC2)Nc2ccccc2CN1. The van der Waals surface area contributed by atoms with Gasteiger partial charge in [0.1, 0.15) is 0 Å². The van der Waals surface area contributed by atoms with Crippen molar-refractivity contribution >= 4 is 23.2 Å². The van der Waals surface area contributed by atoms with E-state index in [1.165, 1.54) is 5.56 Å². The molecule has 3 heterocycles. The average Bonchev–Trinajstić information content (AvgIpc) is 3.12. The number of carbonyl (C=O) groups is 2. The first-order valence-electron chi connectivity index (χ1n) is 11.8. The maximum absolute atomic E-state index is 12.6. The Morgan fingerprint density at radius 1 is 0.906 bits per heavy atom. The lowest BCUT2D eigenvalue weighted by molar-refractivity contribution is -0.122. The molecule has 2 saturated heterocycles. The van der Waals surface area contributed by atoms with E-state index in [0.29, 0.717) is 19.4 Å². The maximum Gasteiger partial charge on any atom is 0.227 e. The van der Waals surface area contributed by atoms with Crippen molar-refractivity contribution in [2.24, 2.45) is 0 Å². The lowest BCUT2D eigenvalue weighted by Gasteiger charge is -2.37. The van der Waals surface area contributed by atoms with Crippen LogP contribution in [0.3, 0.4) is 0 Å². The van der Waals surface area contributed by atoms with Gasteiger partial charge < -0.3 is 15.5 Å². The van der Waals surface area contributed by atoms with Crippen LogP contribution in [0.5, 0.6) is 0 Å². The molecule has 2 amide bonds. The molecule has 0 bridgehead atoms. The van der Waals surface area contributed by atoms with Gasteiger partial charge in [0.25, 0.3) is 0 Å². The molecule has 1 spiro atoms. The van der Waals surface area contributed by atoms with Crippen molar-refractivity contribution in [3.05, 3.63) is 59.7 Å². The molecule has 1 atom stereocenters. The molecule has 0 aromatic heterocycles. The Labute approximate surface area is 190 Å². The minimum atomic E-state index is -0.199. The first kappa shape index (κ1) is 21.0. The van der Waals surface area contributed by atoms with Gasteiger partial charge in [-0.15, -0.1) is 0 Å². The molecule has 168 valence electrons. The average molecular weight is 433 g/mol. The smallest absolute Gasteiger partial charge is 0.227 e. The number of anilines is 2. The van der Waals surface area contributed by atoms with Crippen LogP contribution >= 0.6 is 0 Å². The van der Waals surface area contributed by atoms with E-state index in [0.717, 1.165) is 68.8 Å². The van der Waals surface area contributed by atoms with Crippen molar-refractivity contribution in [2.45, 2.75) is 57.2 Å². The molecule has 2 aromatic carbocycles. The van der Waals surface area contributed by atoms with E-state index in [9.17, 15) is 9.59 Å².